The number of carbonyl (C=O) groups excluding carboxylic acids is 1. The van der Waals surface area contributed by atoms with Gasteiger partial charge >= 0.3 is 5.97 Å². The molecule has 0 spiro atoms. The molecule has 2 aromatic heterocycles. The van der Waals surface area contributed by atoms with Crippen LogP contribution < -0.4 is 4.90 Å². The van der Waals surface area contributed by atoms with E-state index in [9.17, 15) is 9.59 Å². The molecule has 0 saturated carbocycles. The van der Waals surface area contributed by atoms with Gasteiger partial charge in [-0.05, 0) is 31.2 Å². The Bertz CT molecular complexity index is 825. The third-order valence-corrected chi connectivity index (χ3v) is 6.12. The number of hydrogen-bond donors (Lipinski definition) is 1. The number of carboxylic acids is 1. The second-order valence-corrected chi connectivity index (χ2v) is 7.58. The Labute approximate surface area is 155 Å². The van der Waals surface area contributed by atoms with Crippen LogP contribution in [0.15, 0.2) is 17.8 Å². The molecule has 4 rings (SSSR count). The van der Waals surface area contributed by atoms with Crippen molar-refractivity contribution in [3.8, 4) is 0 Å². The Hall–Kier alpha value is -2.48. The van der Waals surface area contributed by atoms with Crippen molar-refractivity contribution < 1.29 is 14.7 Å². The van der Waals surface area contributed by atoms with Crippen molar-refractivity contribution in [1.82, 2.24) is 14.9 Å². The molecule has 2 aromatic rings. The van der Waals surface area contributed by atoms with Crippen molar-refractivity contribution in [2.24, 2.45) is 0 Å². The van der Waals surface area contributed by atoms with Crippen molar-refractivity contribution in [3.63, 3.8) is 0 Å². The first-order valence-corrected chi connectivity index (χ1v) is 9.70. The maximum absolute atomic E-state index is 12.9. The zero-order valence-electron chi connectivity index (χ0n) is 14.3. The number of piperazine rings is 1. The van der Waals surface area contributed by atoms with Crippen LogP contribution in [0.3, 0.4) is 0 Å². The molecule has 0 radical (unpaired) electrons. The number of rotatable bonds is 3. The topological polar surface area (TPSA) is 86.6 Å². The summed E-state index contributed by atoms with van der Waals surface area (Å²) in [5.74, 6) is -0.396. The van der Waals surface area contributed by atoms with Gasteiger partial charge in [-0.15, -0.1) is 11.3 Å². The zero-order chi connectivity index (χ0) is 18.1. The Morgan fingerprint density at radius 2 is 1.73 bits per heavy atom. The third kappa shape index (κ3) is 3.16. The first-order chi connectivity index (χ1) is 12.6. The smallest absolute Gasteiger partial charge is 0.338 e. The number of carboxylic acid groups (broad SMARTS) is 1. The number of nitrogens with zero attached hydrogens (tertiary/aromatic N) is 4. The monoisotopic (exact) mass is 372 g/mol. The predicted octanol–water partition coefficient (Wildman–Crippen LogP) is 2.08. The highest BCUT2D eigenvalue weighted by atomic mass is 32.1. The molecular weight excluding hydrogens is 352 g/mol. The van der Waals surface area contributed by atoms with E-state index in [4.69, 9.17) is 5.11 Å². The first kappa shape index (κ1) is 17.0. The van der Waals surface area contributed by atoms with Gasteiger partial charge < -0.3 is 14.9 Å². The van der Waals surface area contributed by atoms with E-state index in [2.05, 4.69) is 9.97 Å². The van der Waals surface area contributed by atoms with Crippen LogP contribution in [0.25, 0.3) is 0 Å². The molecule has 1 aliphatic heterocycles. The summed E-state index contributed by atoms with van der Waals surface area (Å²) in [4.78, 5) is 37.3. The number of anilines is 1. The van der Waals surface area contributed by atoms with Crippen molar-refractivity contribution >= 4 is 29.2 Å². The highest BCUT2D eigenvalue weighted by molar-refractivity contribution is 7.10. The number of carbonyl (C=O) groups is 2. The highest BCUT2D eigenvalue weighted by Gasteiger charge is 2.27. The predicted molar refractivity (Wildman–Crippen MR) is 98.1 cm³/mol. The Kier molecular flexibility index (Phi) is 4.58. The van der Waals surface area contributed by atoms with Gasteiger partial charge in [0.2, 0.25) is 5.95 Å². The van der Waals surface area contributed by atoms with Gasteiger partial charge in [0.15, 0.2) is 0 Å². The van der Waals surface area contributed by atoms with E-state index in [-0.39, 0.29) is 11.5 Å². The van der Waals surface area contributed by atoms with Crippen molar-refractivity contribution in [3.05, 3.63) is 39.3 Å². The van der Waals surface area contributed by atoms with Gasteiger partial charge in [-0.3, -0.25) is 4.79 Å². The summed E-state index contributed by atoms with van der Waals surface area (Å²) in [6.45, 7) is 2.52. The fraction of sp³-hybridized carbons (Fsp3) is 0.444. The Balaban J connectivity index is 1.41. The summed E-state index contributed by atoms with van der Waals surface area (Å²) in [7, 11) is 0. The standard InChI is InChI=1S/C18H20N4O3S/c23-16(14-11-26-15-4-2-1-3-13(14)15)21-5-7-22(8-6-21)18-19-9-12(10-20-18)17(24)25/h9-11H,1-8H2,(H,24,25). The zero-order valence-corrected chi connectivity index (χ0v) is 15.2. The summed E-state index contributed by atoms with van der Waals surface area (Å²) in [5, 5.41) is 10.9. The second-order valence-electron chi connectivity index (χ2n) is 6.61. The summed E-state index contributed by atoms with van der Waals surface area (Å²) in [6.07, 6.45) is 7.15. The van der Waals surface area contributed by atoms with Gasteiger partial charge in [-0.25, -0.2) is 14.8 Å². The highest BCUT2D eigenvalue weighted by Crippen LogP contribution is 2.31. The summed E-state index contributed by atoms with van der Waals surface area (Å²) in [5.41, 5.74) is 2.23. The normalized spacial score (nSPS) is 17.1. The van der Waals surface area contributed by atoms with Gasteiger partial charge in [0.25, 0.3) is 5.91 Å². The van der Waals surface area contributed by atoms with E-state index in [1.54, 1.807) is 11.3 Å². The molecular formula is C18H20N4O3S. The number of hydrogen-bond acceptors (Lipinski definition) is 6. The molecule has 2 aliphatic rings. The number of fused-ring (bicyclic) bond motifs is 1. The van der Waals surface area contributed by atoms with Crippen LogP contribution in [-0.4, -0.2) is 58.0 Å². The van der Waals surface area contributed by atoms with Crippen LogP contribution in [0, 0.1) is 0 Å². The van der Waals surface area contributed by atoms with Crippen LogP contribution in [0.4, 0.5) is 5.95 Å². The molecule has 3 heterocycles. The van der Waals surface area contributed by atoms with Gasteiger partial charge in [0.1, 0.15) is 0 Å². The van der Waals surface area contributed by atoms with Gasteiger partial charge in [0, 0.05) is 48.8 Å². The first-order valence-electron chi connectivity index (χ1n) is 8.82. The minimum absolute atomic E-state index is 0.0739. The van der Waals surface area contributed by atoms with Crippen molar-refractivity contribution in [2.45, 2.75) is 25.7 Å². The quantitative estimate of drug-likeness (QED) is 0.888. The van der Waals surface area contributed by atoms with Crippen LogP contribution >= 0.6 is 11.3 Å². The lowest BCUT2D eigenvalue weighted by Gasteiger charge is -2.34. The van der Waals surface area contributed by atoms with E-state index in [1.165, 1.54) is 35.7 Å². The lowest BCUT2D eigenvalue weighted by molar-refractivity contribution is 0.0693. The van der Waals surface area contributed by atoms with Gasteiger partial charge in [-0.1, -0.05) is 0 Å². The number of amides is 1. The molecule has 1 aliphatic carbocycles. The molecule has 0 aromatic carbocycles. The number of aryl methyl sites for hydroxylation is 1. The third-order valence-electron chi connectivity index (χ3n) is 5.03. The van der Waals surface area contributed by atoms with Crippen LogP contribution in [0.2, 0.25) is 0 Å². The van der Waals surface area contributed by atoms with Gasteiger partial charge in [-0.2, -0.15) is 0 Å². The van der Waals surface area contributed by atoms with Crippen molar-refractivity contribution in [1.29, 1.82) is 0 Å². The fourth-order valence-electron chi connectivity index (χ4n) is 3.55. The number of aromatic carboxylic acids is 1. The molecule has 7 nitrogen and oxygen atoms in total. The largest absolute Gasteiger partial charge is 0.478 e. The molecule has 1 saturated heterocycles. The molecule has 26 heavy (non-hydrogen) atoms. The fourth-order valence-corrected chi connectivity index (χ4v) is 4.67. The second kappa shape index (κ2) is 7.03. The molecule has 1 N–H and O–H groups in total. The molecule has 136 valence electrons. The molecule has 8 heteroatoms. The average molecular weight is 372 g/mol. The summed E-state index contributed by atoms with van der Waals surface area (Å²) in [6, 6.07) is 0. The molecule has 1 amide bonds. The minimum atomic E-state index is -1.04. The molecule has 0 unspecified atom stereocenters. The summed E-state index contributed by atoms with van der Waals surface area (Å²) < 4.78 is 0. The summed E-state index contributed by atoms with van der Waals surface area (Å²) >= 11 is 1.72. The molecule has 1 fully saturated rings. The SMILES string of the molecule is O=C(O)c1cnc(N2CCN(C(=O)c3csc4c3CCCC4)CC2)nc1. The molecule has 0 bridgehead atoms. The van der Waals surface area contributed by atoms with E-state index < -0.39 is 5.97 Å². The molecule has 0 atom stereocenters. The van der Waals surface area contributed by atoms with E-state index >= 15 is 0 Å². The maximum Gasteiger partial charge on any atom is 0.338 e. The van der Waals surface area contributed by atoms with E-state index in [1.807, 2.05) is 15.2 Å². The lowest BCUT2D eigenvalue weighted by atomic mass is 9.95. The van der Waals surface area contributed by atoms with E-state index in [0.29, 0.717) is 32.1 Å². The Morgan fingerprint density at radius 1 is 1.04 bits per heavy atom. The number of thiophene rings is 1. The lowest BCUT2D eigenvalue weighted by Crippen LogP contribution is -2.49. The van der Waals surface area contributed by atoms with Crippen LogP contribution in [-0.2, 0) is 12.8 Å². The van der Waals surface area contributed by atoms with Crippen LogP contribution in [0.5, 0.6) is 0 Å². The van der Waals surface area contributed by atoms with Crippen molar-refractivity contribution in [2.75, 3.05) is 31.1 Å². The average Bonchev–Trinajstić information content (AvgIpc) is 3.12. The van der Waals surface area contributed by atoms with E-state index in [0.717, 1.165) is 18.4 Å². The minimum Gasteiger partial charge on any atom is -0.478 e. The van der Waals surface area contributed by atoms with Gasteiger partial charge in [0.05, 0.1) is 11.1 Å². The Morgan fingerprint density at radius 3 is 2.42 bits per heavy atom. The van der Waals surface area contributed by atoms with Crippen LogP contribution in [0.1, 0.15) is 44.0 Å². The maximum atomic E-state index is 12.9. The number of aromatic nitrogens is 2.